The highest BCUT2D eigenvalue weighted by molar-refractivity contribution is 6.19. The molecule has 14 heavy (non-hydrogen) atoms. The minimum atomic E-state index is -0.400. The Morgan fingerprint density at radius 1 is 1.57 bits per heavy atom. The fourth-order valence-electron chi connectivity index (χ4n) is 0.858. The van der Waals surface area contributed by atoms with Gasteiger partial charge in [0.05, 0.1) is 0 Å². The van der Waals surface area contributed by atoms with E-state index in [0.29, 0.717) is 13.1 Å². The third kappa shape index (κ3) is 4.87. The quantitative estimate of drug-likeness (QED) is 0.560. The summed E-state index contributed by atoms with van der Waals surface area (Å²) in [4.78, 5) is 23.8. The summed E-state index contributed by atoms with van der Waals surface area (Å²) in [7, 11) is 0. The SMILES string of the molecule is C=CCN(CC)C(=O)NC(=O)CCCl. The van der Waals surface area contributed by atoms with E-state index in [2.05, 4.69) is 11.9 Å². The minimum Gasteiger partial charge on any atom is -0.321 e. The second-order valence-electron chi connectivity index (χ2n) is 2.62. The molecule has 0 aromatic carbocycles. The molecule has 0 aromatic rings. The topological polar surface area (TPSA) is 49.4 Å². The van der Waals surface area contributed by atoms with Gasteiger partial charge < -0.3 is 4.90 Å². The van der Waals surface area contributed by atoms with E-state index < -0.39 is 6.03 Å². The number of amides is 3. The molecule has 4 nitrogen and oxygen atoms in total. The number of hydrogen-bond acceptors (Lipinski definition) is 2. The number of imide groups is 1. The van der Waals surface area contributed by atoms with Gasteiger partial charge in [0.15, 0.2) is 0 Å². The third-order valence-corrected chi connectivity index (χ3v) is 1.78. The lowest BCUT2D eigenvalue weighted by Gasteiger charge is -2.18. The molecule has 0 aliphatic carbocycles. The summed E-state index contributed by atoms with van der Waals surface area (Å²) in [5.74, 6) is -0.139. The highest BCUT2D eigenvalue weighted by Crippen LogP contribution is 1.91. The van der Waals surface area contributed by atoms with Crippen LogP contribution in [0.3, 0.4) is 0 Å². The van der Waals surface area contributed by atoms with Crippen molar-refractivity contribution in [1.29, 1.82) is 0 Å². The smallest absolute Gasteiger partial charge is 0.321 e. The maximum atomic E-state index is 11.4. The van der Waals surface area contributed by atoms with Crippen LogP contribution in [0.2, 0.25) is 0 Å². The van der Waals surface area contributed by atoms with Crippen molar-refractivity contribution < 1.29 is 9.59 Å². The van der Waals surface area contributed by atoms with Crippen molar-refractivity contribution in [2.24, 2.45) is 0 Å². The summed E-state index contributed by atoms with van der Waals surface area (Å²) < 4.78 is 0. The highest BCUT2D eigenvalue weighted by atomic mass is 35.5. The van der Waals surface area contributed by atoms with Crippen LogP contribution in [0, 0.1) is 0 Å². The first-order valence-electron chi connectivity index (χ1n) is 4.41. The fourth-order valence-corrected chi connectivity index (χ4v) is 1.03. The number of nitrogens with one attached hydrogen (secondary N) is 1. The van der Waals surface area contributed by atoms with Crippen LogP contribution in [0.5, 0.6) is 0 Å². The van der Waals surface area contributed by atoms with Gasteiger partial charge in [-0.2, -0.15) is 0 Å². The molecule has 80 valence electrons. The van der Waals surface area contributed by atoms with Crippen molar-refractivity contribution in [1.82, 2.24) is 10.2 Å². The van der Waals surface area contributed by atoms with Crippen molar-refractivity contribution in [3.63, 3.8) is 0 Å². The number of urea groups is 1. The molecule has 0 aliphatic rings. The van der Waals surface area contributed by atoms with Gasteiger partial charge in [0.25, 0.3) is 0 Å². The second kappa shape index (κ2) is 7.38. The molecule has 0 radical (unpaired) electrons. The van der Waals surface area contributed by atoms with E-state index in [4.69, 9.17) is 11.6 Å². The summed E-state index contributed by atoms with van der Waals surface area (Å²) in [6.45, 7) is 6.31. The van der Waals surface area contributed by atoms with Gasteiger partial charge in [-0.05, 0) is 6.92 Å². The zero-order valence-electron chi connectivity index (χ0n) is 8.25. The number of rotatable bonds is 5. The lowest BCUT2D eigenvalue weighted by Crippen LogP contribution is -2.42. The fraction of sp³-hybridized carbons (Fsp3) is 0.556. The van der Waals surface area contributed by atoms with E-state index in [9.17, 15) is 9.59 Å². The number of likely N-dealkylation sites (N-methyl/N-ethyl adjacent to an activating group) is 1. The Morgan fingerprint density at radius 2 is 2.21 bits per heavy atom. The van der Waals surface area contributed by atoms with Crippen molar-refractivity contribution >= 4 is 23.5 Å². The first kappa shape index (κ1) is 13.0. The number of alkyl halides is 1. The van der Waals surface area contributed by atoms with Gasteiger partial charge in [-0.1, -0.05) is 6.08 Å². The van der Waals surface area contributed by atoms with Crippen molar-refractivity contribution in [3.8, 4) is 0 Å². The number of carbonyl (C=O) groups excluding carboxylic acids is 2. The van der Waals surface area contributed by atoms with Crippen molar-refractivity contribution in [2.75, 3.05) is 19.0 Å². The van der Waals surface area contributed by atoms with Crippen LogP contribution in [0.15, 0.2) is 12.7 Å². The summed E-state index contributed by atoms with van der Waals surface area (Å²) in [6, 6.07) is -0.400. The molecule has 0 heterocycles. The summed E-state index contributed by atoms with van der Waals surface area (Å²) >= 11 is 5.35. The Hall–Kier alpha value is -1.03. The summed E-state index contributed by atoms with van der Waals surface area (Å²) in [5, 5.41) is 2.23. The lowest BCUT2D eigenvalue weighted by molar-refractivity contribution is -0.119. The Labute approximate surface area is 88.9 Å². The number of nitrogens with zero attached hydrogens (tertiary/aromatic N) is 1. The molecular formula is C9H15ClN2O2. The molecule has 0 fully saturated rings. The van der Waals surface area contributed by atoms with E-state index in [0.717, 1.165) is 0 Å². The van der Waals surface area contributed by atoms with Gasteiger partial charge in [0.1, 0.15) is 0 Å². The maximum Gasteiger partial charge on any atom is 0.324 e. The lowest BCUT2D eigenvalue weighted by atomic mass is 10.4. The van der Waals surface area contributed by atoms with Crippen LogP contribution in [0.25, 0.3) is 0 Å². The normalized spacial score (nSPS) is 9.29. The van der Waals surface area contributed by atoms with Gasteiger partial charge in [0.2, 0.25) is 5.91 Å². The molecule has 0 atom stereocenters. The van der Waals surface area contributed by atoms with E-state index >= 15 is 0 Å². The zero-order valence-corrected chi connectivity index (χ0v) is 9.01. The average molecular weight is 219 g/mol. The maximum absolute atomic E-state index is 11.4. The summed E-state index contributed by atoms with van der Waals surface area (Å²) in [6.07, 6.45) is 1.76. The summed E-state index contributed by atoms with van der Waals surface area (Å²) in [5.41, 5.74) is 0. The van der Waals surface area contributed by atoms with Crippen LogP contribution >= 0.6 is 11.6 Å². The Morgan fingerprint density at radius 3 is 2.64 bits per heavy atom. The first-order chi connectivity index (χ1) is 6.65. The van der Waals surface area contributed by atoms with Gasteiger partial charge in [-0.25, -0.2) is 4.79 Å². The van der Waals surface area contributed by atoms with Crippen LogP contribution in [-0.2, 0) is 4.79 Å². The van der Waals surface area contributed by atoms with E-state index in [1.54, 1.807) is 6.08 Å². The largest absolute Gasteiger partial charge is 0.324 e. The van der Waals surface area contributed by atoms with Crippen LogP contribution < -0.4 is 5.32 Å². The number of carbonyl (C=O) groups is 2. The predicted octanol–water partition coefficient (Wildman–Crippen LogP) is 1.36. The van der Waals surface area contributed by atoms with E-state index in [1.165, 1.54) is 4.90 Å². The number of hydrogen-bond donors (Lipinski definition) is 1. The van der Waals surface area contributed by atoms with Crippen LogP contribution in [0.4, 0.5) is 4.79 Å². The van der Waals surface area contributed by atoms with Gasteiger partial charge in [-0.3, -0.25) is 10.1 Å². The molecule has 0 bridgehead atoms. The first-order valence-corrected chi connectivity index (χ1v) is 4.94. The minimum absolute atomic E-state index is 0.152. The molecule has 1 N–H and O–H groups in total. The van der Waals surface area contributed by atoms with Crippen molar-refractivity contribution in [3.05, 3.63) is 12.7 Å². The average Bonchev–Trinajstić information content (AvgIpc) is 2.14. The Balaban J connectivity index is 4.02. The molecule has 0 spiro atoms. The monoisotopic (exact) mass is 218 g/mol. The van der Waals surface area contributed by atoms with Crippen LogP contribution in [0.1, 0.15) is 13.3 Å². The zero-order chi connectivity index (χ0) is 11.0. The molecule has 0 rings (SSSR count). The Bertz CT molecular complexity index is 219. The molecule has 0 saturated heterocycles. The highest BCUT2D eigenvalue weighted by Gasteiger charge is 2.12. The van der Waals surface area contributed by atoms with Crippen molar-refractivity contribution in [2.45, 2.75) is 13.3 Å². The molecule has 0 unspecified atom stereocenters. The Kier molecular flexibility index (Phi) is 6.84. The van der Waals surface area contributed by atoms with Gasteiger partial charge in [0, 0.05) is 25.4 Å². The molecule has 0 aliphatic heterocycles. The number of halogens is 1. The van der Waals surface area contributed by atoms with Gasteiger partial charge >= 0.3 is 6.03 Å². The van der Waals surface area contributed by atoms with E-state index in [1.807, 2.05) is 6.92 Å². The molecular weight excluding hydrogens is 204 g/mol. The molecule has 0 aromatic heterocycles. The standard InChI is InChI=1S/C9H15ClN2O2/c1-3-7-12(4-2)9(14)11-8(13)5-6-10/h3H,1,4-7H2,2H3,(H,11,13,14). The molecule has 0 saturated carbocycles. The third-order valence-electron chi connectivity index (χ3n) is 1.59. The molecule has 5 heteroatoms. The predicted molar refractivity (Wildman–Crippen MR) is 56.3 cm³/mol. The van der Waals surface area contributed by atoms with Gasteiger partial charge in [-0.15, -0.1) is 18.2 Å². The van der Waals surface area contributed by atoms with E-state index in [-0.39, 0.29) is 18.2 Å². The molecule has 3 amide bonds. The van der Waals surface area contributed by atoms with Crippen LogP contribution in [-0.4, -0.2) is 35.8 Å². The second-order valence-corrected chi connectivity index (χ2v) is 3.00.